The van der Waals surface area contributed by atoms with Crippen LogP contribution >= 0.6 is 0 Å². The standard InChI is InChI=1S/C26H35NO/c1-5-7-19(8-6-2)25-24-20(13-17(3)14-23(24)28-4)11-12-21-15-22(18-9-10-18)16-27-26(21)25/h13-16,18-19,25H,5-12H2,1-4H3. The lowest BCUT2D eigenvalue weighted by atomic mass is 9.76. The summed E-state index contributed by atoms with van der Waals surface area (Å²) >= 11 is 0. The summed E-state index contributed by atoms with van der Waals surface area (Å²) < 4.78 is 5.94. The normalized spacial score (nSPS) is 18.5. The summed E-state index contributed by atoms with van der Waals surface area (Å²) in [4.78, 5) is 5.15. The van der Waals surface area contributed by atoms with Gasteiger partial charge in [0.1, 0.15) is 5.75 Å². The molecule has 2 aliphatic rings. The van der Waals surface area contributed by atoms with Gasteiger partial charge in [-0.2, -0.15) is 0 Å². The summed E-state index contributed by atoms with van der Waals surface area (Å²) in [5, 5.41) is 0. The number of hydrogen-bond acceptors (Lipinski definition) is 2. The van der Waals surface area contributed by atoms with Crippen molar-refractivity contribution in [1.29, 1.82) is 0 Å². The lowest BCUT2D eigenvalue weighted by Gasteiger charge is -2.30. The first kappa shape index (κ1) is 19.5. The maximum Gasteiger partial charge on any atom is 0.123 e. The van der Waals surface area contributed by atoms with Crippen LogP contribution in [0.15, 0.2) is 24.4 Å². The summed E-state index contributed by atoms with van der Waals surface area (Å²) in [6, 6.07) is 7.12. The van der Waals surface area contributed by atoms with E-state index in [0.717, 1.165) is 24.5 Å². The second-order valence-electron chi connectivity index (χ2n) is 8.94. The van der Waals surface area contributed by atoms with Crippen LogP contribution in [0.3, 0.4) is 0 Å². The first-order valence-corrected chi connectivity index (χ1v) is 11.3. The molecule has 150 valence electrons. The zero-order chi connectivity index (χ0) is 19.7. The number of aryl methyl sites for hydroxylation is 3. The van der Waals surface area contributed by atoms with Crippen molar-refractivity contribution in [3.8, 4) is 5.75 Å². The van der Waals surface area contributed by atoms with Gasteiger partial charge in [-0.1, -0.05) is 38.8 Å². The van der Waals surface area contributed by atoms with Gasteiger partial charge in [-0.15, -0.1) is 0 Å². The molecule has 1 atom stereocenters. The molecule has 0 N–H and O–H groups in total. The maximum absolute atomic E-state index is 5.94. The number of hydrogen-bond donors (Lipinski definition) is 0. The number of nitrogens with zero attached hydrogens (tertiary/aromatic N) is 1. The fourth-order valence-corrected chi connectivity index (χ4v) is 5.31. The lowest BCUT2D eigenvalue weighted by Crippen LogP contribution is -2.18. The third kappa shape index (κ3) is 3.71. The summed E-state index contributed by atoms with van der Waals surface area (Å²) in [7, 11) is 1.83. The number of benzene rings is 1. The van der Waals surface area contributed by atoms with Crippen LogP contribution in [0.2, 0.25) is 0 Å². The van der Waals surface area contributed by atoms with E-state index in [-0.39, 0.29) is 0 Å². The van der Waals surface area contributed by atoms with Gasteiger partial charge < -0.3 is 4.74 Å². The molecule has 0 radical (unpaired) electrons. The second kappa shape index (κ2) is 8.27. The zero-order valence-corrected chi connectivity index (χ0v) is 18.1. The van der Waals surface area contributed by atoms with E-state index in [0.29, 0.717) is 11.8 Å². The average Bonchev–Trinajstić information content (AvgIpc) is 3.53. The van der Waals surface area contributed by atoms with Gasteiger partial charge in [-0.3, -0.25) is 4.98 Å². The minimum atomic E-state index is 0.358. The van der Waals surface area contributed by atoms with E-state index in [2.05, 4.69) is 45.2 Å². The van der Waals surface area contributed by atoms with E-state index >= 15 is 0 Å². The van der Waals surface area contributed by atoms with Gasteiger partial charge in [0.15, 0.2) is 0 Å². The first-order chi connectivity index (χ1) is 13.7. The Morgan fingerprint density at radius 1 is 1.04 bits per heavy atom. The van der Waals surface area contributed by atoms with E-state index in [1.165, 1.54) is 72.0 Å². The van der Waals surface area contributed by atoms with Crippen LogP contribution in [-0.4, -0.2) is 12.1 Å². The third-order valence-corrected chi connectivity index (χ3v) is 6.72. The van der Waals surface area contributed by atoms with E-state index < -0.39 is 0 Å². The molecule has 1 aromatic heterocycles. The van der Waals surface area contributed by atoms with Crippen LogP contribution in [0.5, 0.6) is 5.75 Å². The third-order valence-electron chi connectivity index (χ3n) is 6.72. The molecule has 1 unspecified atom stereocenters. The Labute approximate surface area is 170 Å². The predicted molar refractivity (Wildman–Crippen MR) is 117 cm³/mol. The highest BCUT2D eigenvalue weighted by molar-refractivity contribution is 5.52. The fourth-order valence-electron chi connectivity index (χ4n) is 5.31. The predicted octanol–water partition coefficient (Wildman–Crippen LogP) is 6.72. The Morgan fingerprint density at radius 3 is 2.39 bits per heavy atom. The van der Waals surface area contributed by atoms with Crippen molar-refractivity contribution in [2.45, 2.75) is 84.0 Å². The molecule has 2 heteroatoms. The summed E-state index contributed by atoms with van der Waals surface area (Å²) in [6.45, 7) is 6.82. The molecule has 4 rings (SSSR count). The summed E-state index contributed by atoms with van der Waals surface area (Å²) in [6.07, 6.45) is 12.0. The molecular formula is C26H35NO. The second-order valence-corrected chi connectivity index (χ2v) is 8.94. The number of pyridine rings is 1. The Kier molecular flexibility index (Phi) is 5.75. The monoisotopic (exact) mass is 377 g/mol. The molecule has 1 aromatic carbocycles. The Balaban J connectivity index is 1.89. The molecule has 0 spiro atoms. The topological polar surface area (TPSA) is 22.1 Å². The average molecular weight is 378 g/mol. The molecule has 0 saturated heterocycles. The van der Waals surface area contributed by atoms with Crippen molar-refractivity contribution in [3.63, 3.8) is 0 Å². The van der Waals surface area contributed by atoms with Gasteiger partial charge in [0, 0.05) is 17.7 Å². The first-order valence-electron chi connectivity index (χ1n) is 11.3. The quantitative estimate of drug-likeness (QED) is 0.534. The van der Waals surface area contributed by atoms with E-state index in [1.54, 1.807) is 0 Å². The van der Waals surface area contributed by atoms with Gasteiger partial charge in [0.25, 0.3) is 0 Å². The van der Waals surface area contributed by atoms with Gasteiger partial charge in [-0.25, -0.2) is 0 Å². The van der Waals surface area contributed by atoms with Crippen molar-refractivity contribution in [1.82, 2.24) is 4.98 Å². The molecule has 2 aromatic rings. The molecule has 1 fully saturated rings. The number of fused-ring (bicyclic) bond motifs is 2. The Bertz CT molecular complexity index is 831. The number of aromatic nitrogens is 1. The van der Waals surface area contributed by atoms with Crippen molar-refractivity contribution in [2.75, 3.05) is 7.11 Å². The van der Waals surface area contributed by atoms with E-state index in [4.69, 9.17) is 9.72 Å². The molecule has 1 heterocycles. The van der Waals surface area contributed by atoms with E-state index in [9.17, 15) is 0 Å². The van der Waals surface area contributed by atoms with Crippen LogP contribution in [0.25, 0.3) is 0 Å². The number of ether oxygens (including phenoxy) is 1. The van der Waals surface area contributed by atoms with Gasteiger partial charge in [0.2, 0.25) is 0 Å². The van der Waals surface area contributed by atoms with Crippen molar-refractivity contribution < 1.29 is 4.74 Å². The highest BCUT2D eigenvalue weighted by Crippen LogP contribution is 2.47. The van der Waals surface area contributed by atoms with Crippen LogP contribution in [0, 0.1) is 12.8 Å². The smallest absolute Gasteiger partial charge is 0.123 e. The van der Waals surface area contributed by atoms with E-state index in [1.807, 2.05) is 7.11 Å². The van der Waals surface area contributed by atoms with Crippen molar-refractivity contribution in [3.05, 3.63) is 57.9 Å². The number of rotatable bonds is 7. The Morgan fingerprint density at radius 2 is 1.75 bits per heavy atom. The fraction of sp³-hybridized carbons (Fsp3) is 0.577. The highest BCUT2D eigenvalue weighted by Gasteiger charge is 2.34. The van der Waals surface area contributed by atoms with Gasteiger partial charge >= 0.3 is 0 Å². The van der Waals surface area contributed by atoms with Gasteiger partial charge in [-0.05, 0) is 85.6 Å². The van der Waals surface area contributed by atoms with Crippen molar-refractivity contribution in [2.24, 2.45) is 5.92 Å². The molecule has 2 aliphatic carbocycles. The van der Waals surface area contributed by atoms with Crippen LogP contribution in [0.1, 0.15) is 97.7 Å². The molecule has 2 nitrogen and oxygen atoms in total. The molecule has 0 aliphatic heterocycles. The minimum Gasteiger partial charge on any atom is -0.496 e. The summed E-state index contributed by atoms with van der Waals surface area (Å²) in [5.74, 6) is 2.82. The van der Waals surface area contributed by atoms with Crippen LogP contribution < -0.4 is 4.74 Å². The van der Waals surface area contributed by atoms with Crippen LogP contribution in [-0.2, 0) is 12.8 Å². The highest BCUT2D eigenvalue weighted by atomic mass is 16.5. The van der Waals surface area contributed by atoms with Crippen LogP contribution in [0.4, 0.5) is 0 Å². The zero-order valence-electron chi connectivity index (χ0n) is 18.1. The maximum atomic E-state index is 5.94. The molecule has 1 saturated carbocycles. The minimum absolute atomic E-state index is 0.358. The molecule has 0 bridgehead atoms. The SMILES string of the molecule is CCCC(CCC)C1c2ncc(C3CC3)cc2CCc2cc(C)cc(OC)c21. The molecular weight excluding hydrogens is 342 g/mol. The number of methoxy groups -OCH3 is 1. The lowest BCUT2D eigenvalue weighted by molar-refractivity contribution is 0.366. The molecule has 28 heavy (non-hydrogen) atoms. The largest absolute Gasteiger partial charge is 0.496 e. The van der Waals surface area contributed by atoms with Gasteiger partial charge in [0.05, 0.1) is 12.8 Å². The Hall–Kier alpha value is -1.83. The van der Waals surface area contributed by atoms with Crippen molar-refractivity contribution >= 4 is 0 Å². The molecule has 0 amide bonds. The summed E-state index contributed by atoms with van der Waals surface area (Å²) in [5.41, 5.74) is 8.48.